The molecule has 0 aliphatic rings. The van der Waals surface area contributed by atoms with E-state index in [4.69, 9.17) is 10.5 Å². The number of methoxy groups -OCH3 is 1. The maximum atomic E-state index is 14.1. The van der Waals surface area contributed by atoms with Gasteiger partial charge in [-0.2, -0.15) is 0 Å². The van der Waals surface area contributed by atoms with Crippen LogP contribution in [0.1, 0.15) is 37.4 Å². The molecular formula is C16H27FN2O. The summed E-state index contributed by atoms with van der Waals surface area (Å²) < 4.78 is 19.3. The van der Waals surface area contributed by atoms with E-state index in [2.05, 4.69) is 18.7 Å². The highest BCUT2D eigenvalue weighted by molar-refractivity contribution is 5.27. The molecule has 4 heteroatoms. The van der Waals surface area contributed by atoms with E-state index in [1.54, 1.807) is 13.2 Å². The normalized spacial score (nSPS) is 14.6. The van der Waals surface area contributed by atoms with Crippen molar-refractivity contribution in [3.8, 4) is 0 Å². The number of hydrogen-bond donors (Lipinski definition) is 1. The van der Waals surface area contributed by atoms with E-state index in [0.717, 1.165) is 18.5 Å². The molecule has 0 amide bonds. The van der Waals surface area contributed by atoms with E-state index in [1.165, 1.54) is 6.07 Å². The first-order chi connectivity index (χ1) is 9.54. The molecule has 2 N–H and O–H groups in total. The summed E-state index contributed by atoms with van der Waals surface area (Å²) in [4.78, 5) is 2.24. The fraction of sp³-hybridized carbons (Fsp3) is 0.625. The first kappa shape index (κ1) is 17.1. The Morgan fingerprint density at radius 2 is 2.10 bits per heavy atom. The smallest absolute Gasteiger partial charge is 0.128 e. The molecule has 114 valence electrons. The van der Waals surface area contributed by atoms with Crippen LogP contribution in [-0.2, 0) is 4.74 Å². The molecule has 0 heterocycles. The zero-order valence-electron chi connectivity index (χ0n) is 13.0. The monoisotopic (exact) mass is 282 g/mol. The third kappa shape index (κ3) is 4.27. The van der Waals surface area contributed by atoms with Gasteiger partial charge in [-0.1, -0.05) is 24.6 Å². The van der Waals surface area contributed by atoms with Crippen molar-refractivity contribution in [2.24, 2.45) is 5.73 Å². The van der Waals surface area contributed by atoms with Gasteiger partial charge in [-0.05, 0) is 26.3 Å². The zero-order valence-corrected chi connectivity index (χ0v) is 13.0. The van der Waals surface area contributed by atoms with E-state index in [9.17, 15) is 4.39 Å². The van der Waals surface area contributed by atoms with Crippen molar-refractivity contribution in [3.63, 3.8) is 0 Å². The summed E-state index contributed by atoms with van der Waals surface area (Å²) in [6, 6.07) is 5.43. The van der Waals surface area contributed by atoms with Gasteiger partial charge in [-0.15, -0.1) is 0 Å². The predicted octanol–water partition coefficient (Wildman–Crippen LogP) is 2.88. The Kier molecular flexibility index (Phi) is 7.13. The molecule has 0 aliphatic heterocycles. The molecule has 20 heavy (non-hydrogen) atoms. The molecule has 1 aromatic rings. The van der Waals surface area contributed by atoms with Crippen LogP contribution in [0.25, 0.3) is 0 Å². The van der Waals surface area contributed by atoms with Gasteiger partial charge in [0.2, 0.25) is 0 Å². The summed E-state index contributed by atoms with van der Waals surface area (Å²) in [6.07, 6.45) is 0.994. The zero-order chi connectivity index (χ0) is 15.1. The van der Waals surface area contributed by atoms with Crippen LogP contribution in [0.2, 0.25) is 0 Å². The highest BCUT2D eigenvalue weighted by Crippen LogP contribution is 2.26. The van der Waals surface area contributed by atoms with Crippen LogP contribution in [0.15, 0.2) is 18.2 Å². The fourth-order valence-corrected chi connectivity index (χ4v) is 2.47. The summed E-state index contributed by atoms with van der Waals surface area (Å²) in [7, 11) is 1.68. The van der Waals surface area contributed by atoms with Gasteiger partial charge >= 0.3 is 0 Å². The molecule has 0 radical (unpaired) electrons. The van der Waals surface area contributed by atoms with Crippen LogP contribution in [0, 0.1) is 12.7 Å². The second-order valence-corrected chi connectivity index (χ2v) is 5.26. The SMILES string of the molecule is CCC(C)N(CCOC)C(CN)c1cc(C)ccc1F. The predicted molar refractivity (Wildman–Crippen MR) is 81.3 cm³/mol. The average Bonchev–Trinajstić information content (AvgIpc) is 2.45. The summed E-state index contributed by atoms with van der Waals surface area (Å²) in [5.74, 6) is -0.184. The second kappa shape index (κ2) is 8.35. The Hall–Kier alpha value is -0.970. The number of halogens is 1. The van der Waals surface area contributed by atoms with Crippen molar-refractivity contribution in [3.05, 3.63) is 35.1 Å². The molecule has 1 aromatic carbocycles. The lowest BCUT2D eigenvalue weighted by molar-refractivity contribution is 0.0888. The van der Waals surface area contributed by atoms with Crippen molar-refractivity contribution in [1.82, 2.24) is 4.90 Å². The molecule has 0 saturated carbocycles. The molecule has 0 bridgehead atoms. The Labute approximate surface area is 121 Å². The minimum atomic E-state index is -0.184. The van der Waals surface area contributed by atoms with Gasteiger partial charge in [-0.3, -0.25) is 4.90 Å². The van der Waals surface area contributed by atoms with Crippen LogP contribution in [0.5, 0.6) is 0 Å². The van der Waals surface area contributed by atoms with E-state index in [1.807, 2.05) is 13.0 Å². The number of ether oxygens (including phenoxy) is 1. The number of nitrogens with two attached hydrogens (primary N) is 1. The second-order valence-electron chi connectivity index (χ2n) is 5.26. The Morgan fingerprint density at radius 1 is 1.40 bits per heavy atom. The lowest BCUT2D eigenvalue weighted by atomic mass is 10.00. The molecule has 2 atom stereocenters. The number of aryl methyl sites for hydroxylation is 1. The van der Waals surface area contributed by atoms with Crippen molar-refractivity contribution >= 4 is 0 Å². The standard InChI is InChI=1S/C16H27FN2O/c1-5-13(3)19(8-9-20-4)16(11-18)14-10-12(2)6-7-15(14)17/h6-7,10,13,16H,5,8-9,11,18H2,1-4H3. The van der Waals surface area contributed by atoms with Crippen LogP contribution in [-0.4, -0.2) is 37.7 Å². The van der Waals surface area contributed by atoms with Gasteiger partial charge in [0, 0.05) is 31.8 Å². The molecular weight excluding hydrogens is 255 g/mol. The van der Waals surface area contributed by atoms with Crippen LogP contribution >= 0.6 is 0 Å². The maximum absolute atomic E-state index is 14.1. The largest absolute Gasteiger partial charge is 0.383 e. The lowest BCUT2D eigenvalue weighted by Crippen LogP contribution is -2.42. The summed E-state index contributed by atoms with van der Waals surface area (Å²) in [5.41, 5.74) is 7.68. The quantitative estimate of drug-likeness (QED) is 0.797. The molecule has 0 saturated heterocycles. The van der Waals surface area contributed by atoms with E-state index in [0.29, 0.717) is 24.8 Å². The van der Waals surface area contributed by atoms with Gasteiger partial charge in [0.1, 0.15) is 5.82 Å². The number of rotatable bonds is 8. The van der Waals surface area contributed by atoms with Crippen molar-refractivity contribution in [1.29, 1.82) is 0 Å². The van der Waals surface area contributed by atoms with E-state index < -0.39 is 0 Å². The highest BCUT2D eigenvalue weighted by atomic mass is 19.1. The number of nitrogens with zero attached hydrogens (tertiary/aromatic N) is 1. The first-order valence-corrected chi connectivity index (χ1v) is 7.25. The van der Waals surface area contributed by atoms with Crippen molar-refractivity contribution < 1.29 is 9.13 Å². The number of benzene rings is 1. The third-order valence-corrected chi connectivity index (χ3v) is 3.84. The Balaban J connectivity index is 3.07. The average molecular weight is 282 g/mol. The van der Waals surface area contributed by atoms with Gasteiger partial charge in [-0.25, -0.2) is 4.39 Å². The summed E-state index contributed by atoms with van der Waals surface area (Å²) >= 11 is 0. The highest BCUT2D eigenvalue weighted by Gasteiger charge is 2.25. The summed E-state index contributed by atoms with van der Waals surface area (Å²) in [6.45, 7) is 8.01. The Morgan fingerprint density at radius 3 is 2.65 bits per heavy atom. The van der Waals surface area contributed by atoms with E-state index >= 15 is 0 Å². The van der Waals surface area contributed by atoms with Crippen molar-refractivity contribution in [2.75, 3.05) is 26.8 Å². The molecule has 0 spiro atoms. The van der Waals surface area contributed by atoms with Crippen LogP contribution < -0.4 is 5.73 Å². The van der Waals surface area contributed by atoms with Gasteiger partial charge in [0.25, 0.3) is 0 Å². The van der Waals surface area contributed by atoms with Crippen molar-refractivity contribution in [2.45, 2.75) is 39.3 Å². The summed E-state index contributed by atoms with van der Waals surface area (Å²) in [5, 5.41) is 0. The van der Waals surface area contributed by atoms with Gasteiger partial charge in [0.15, 0.2) is 0 Å². The van der Waals surface area contributed by atoms with Gasteiger partial charge in [0.05, 0.1) is 12.6 Å². The lowest BCUT2D eigenvalue weighted by Gasteiger charge is -2.36. The minimum Gasteiger partial charge on any atom is -0.383 e. The minimum absolute atomic E-state index is 0.111. The molecule has 0 aromatic heterocycles. The van der Waals surface area contributed by atoms with Crippen LogP contribution in [0.3, 0.4) is 0 Å². The molecule has 0 aliphatic carbocycles. The van der Waals surface area contributed by atoms with E-state index in [-0.39, 0.29) is 11.9 Å². The molecule has 3 nitrogen and oxygen atoms in total. The Bertz CT molecular complexity index is 411. The third-order valence-electron chi connectivity index (χ3n) is 3.84. The molecule has 1 rings (SSSR count). The van der Waals surface area contributed by atoms with Crippen LogP contribution in [0.4, 0.5) is 4.39 Å². The molecule has 0 fully saturated rings. The fourth-order valence-electron chi connectivity index (χ4n) is 2.47. The number of hydrogen-bond acceptors (Lipinski definition) is 3. The first-order valence-electron chi connectivity index (χ1n) is 7.25. The topological polar surface area (TPSA) is 38.5 Å². The maximum Gasteiger partial charge on any atom is 0.128 e. The molecule has 2 unspecified atom stereocenters. The van der Waals surface area contributed by atoms with Gasteiger partial charge < -0.3 is 10.5 Å².